The number of urea groups is 1. The lowest BCUT2D eigenvalue weighted by Gasteiger charge is -2.27. The van der Waals surface area contributed by atoms with Crippen LogP contribution in [0.4, 0.5) is 9.18 Å². The average Bonchev–Trinajstić information content (AvgIpc) is 2.96. The van der Waals surface area contributed by atoms with Gasteiger partial charge in [0.15, 0.2) is 9.84 Å². The van der Waals surface area contributed by atoms with Crippen LogP contribution in [-0.4, -0.2) is 37.6 Å². The minimum absolute atomic E-state index is 0.119. The highest BCUT2D eigenvalue weighted by atomic mass is 79.9. The number of carbonyl (C=O) groups excluding carboxylic acids is 2. The first kappa shape index (κ1) is 22.4. The van der Waals surface area contributed by atoms with Crippen LogP contribution in [0, 0.1) is 5.82 Å². The van der Waals surface area contributed by atoms with E-state index in [0.717, 1.165) is 15.8 Å². The van der Waals surface area contributed by atoms with Gasteiger partial charge < -0.3 is 5.32 Å². The lowest BCUT2D eigenvalue weighted by molar-refractivity contribution is -0.131. The van der Waals surface area contributed by atoms with Crippen molar-refractivity contribution in [1.29, 1.82) is 0 Å². The Bertz CT molecular complexity index is 1040. The summed E-state index contributed by atoms with van der Waals surface area (Å²) in [4.78, 5) is 27.0. The van der Waals surface area contributed by atoms with Gasteiger partial charge in [-0.25, -0.2) is 17.6 Å². The van der Waals surface area contributed by atoms with Gasteiger partial charge in [-0.3, -0.25) is 9.69 Å². The summed E-state index contributed by atoms with van der Waals surface area (Å²) in [5.41, 5.74) is -0.837. The van der Waals surface area contributed by atoms with E-state index < -0.39 is 33.1 Å². The zero-order chi connectivity index (χ0) is 21.9. The Kier molecular flexibility index (Phi) is 6.62. The average molecular weight is 497 g/mol. The largest absolute Gasteiger partial charge is 0.325 e. The Hall–Kier alpha value is -2.26. The molecule has 1 heterocycles. The first-order valence-corrected chi connectivity index (χ1v) is 12.0. The molecule has 30 heavy (non-hydrogen) atoms. The maximum atomic E-state index is 13.4. The fourth-order valence-electron chi connectivity index (χ4n) is 3.49. The molecule has 3 rings (SSSR count). The van der Waals surface area contributed by atoms with Gasteiger partial charge in [0.25, 0.3) is 5.91 Å². The number of hydrogen-bond donors (Lipinski definition) is 1. The fourth-order valence-corrected chi connectivity index (χ4v) is 4.96. The first-order valence-electron chi connectivity index (χ1n) is 9.58. The van der Waals surface area contributed by atoms with Crippen LogP contribution in [0.15, 0.2) is 57.9 Å². The molecule has 0 saturated carbocycles. The molecule has 3 amide bonds. The zero-order valence-electron chi connectivity index (χ0n) is 16.4. The molecule has 1 unspecified atom stereocenters. The lowest BCUT2D eigenvalue weighted by atomic mass is 9.85. The van der Waals surface area contributed by atoms with E-state index in [0.29, 0.717) is 18.4 Å². The molecular formula is C21H22BrFN2O4S. The molecule has 1 aliphatic rings. The van der Waals surface area contributed by atoms with E-state index in [1.165, 1.54) is 36.4 Å². The molecular weight excluding hydrogens is 475 g/mol. The summed E-state index contributed by atoms with van der Waals surface area (Å²) in [5.74, 6) is -1.35. The van der Waals surface area contributed by atoms with Crippen molar-refractivity contribution in [2.24, 2.45) is 0 Å². The van der Waals surface area contributed by atoms with Gasteiger partial charge in [-0.15, -0.1) is 0 Å². The van der Waals surface area contributed by atoms with Crippen LogP contribution in [-0.2, 0) is 20.2 Å². The van der Waals surface area contributed by atoms with Gasteiger partial charge in [-0.05, 0) is 48.4 Å². The standard InChI is InChI=1S/C21H22BrFN2O4S/c1-2-3-12-21(15-4-8-17(23)9-5-15)19(26)25(20(27)24-21)13-14-30(28,29)18-10-6-16(22)7-11-18/h4-11H,2-3,12-14H2,1H3,(H,24,27). The Labute approximate surface area is 183 Å². The molecule has 2 aromatic rings. The van der Waals surface area contributed by atoms with Crippen molar-refractivity contribution in [3.05, 3.63) is 64.4 Å². The SMILES string of the molecule is CCCCC1(c2ccc(F)cc2)NC(=O)N(CCS(=O)(=O)c2ccc(Br)cc2)C1=O. The van der Waals surface area contributed by atoms with Crippen molar-refractivity contribution >= 4 is 37.7 Å². The fraction of sp³-hybridized carbons (Fsp3) is 0.333. The third-order valence-corrected chi connectivity index (χ3v) is 7.41. The summed E-state index contributed by atoms with van der Waals surface area (Å²) in [6.45, 7) is 1.69. The Morgan fingerprint density at radius 2 is 1.70 bits per heavy atom. The second-order valence-electron chi connectivity index (χ2n) is 7.18. The minimum atomic E-state index is -3.68. The molecule has 1 saturated heterocycles. The third kappa shape index (κ3) is 4.41. The summed E-state index contributed by atoms with van der Waals surface area (Å²) in [6.07, 6.45) is 1.80. The Morgan fingerprint density at radius 1 is 1.07 bits per heavy atom. The molecule has 0 spiro atoms. The quantitative estimate of drug-likeness (QED) is 0.559. The molecule has 2 aromatic carbocycles. The molecule has 6 nitrogen and oxygen atoms in total. The van der Waals surface area contributed by atoms with E-state index in [2.05, 4.69) is 21.2 Å². The molecule has 160 valence electrons. The van der Waals surface area contributed by atoms with Gasteiger partial charge in [0.2, 0.25) is 0 Å². The van der Waals surface area contributed by atoms with Crippen molar-refractivity contribution in [2.45, 2.75) is 36.6 Å². The van der Waals surface area contributed by atoms with E-state index in [1.54, 1.807) is 12.1 Å². The predicted octanol–water partition coefficient (Wildman–Crippen LogP) is 4.00. The van der Waals surface area contributed by atoms with Crippen LogP contribution in [0.3, 0.4) is 0 Å². The maximum absolute atomic E-state index is 13.4. The number of nitrogens with zero attached hydrogens (tertiary/aromatic N) is 1. The van der Waals surface area contributed by atoms with Gasteiger partial charge in [0.05, 0.1) is 10.6 Å². The molecule has 1 atom stereocenters. The van der Waals surface area contributed by atoms with E-state index in [1.807, 2.05) is 6.92 Å². The molecule has 1 fully saturated rings. The van der Waals surface area contributed by atoms with Crippen LogP contribution in [0.25, 0.3) is 0 Å². The summed E-state index contributed by atoms with van der Waals surface area (Å²) in [7, 11) is -3.68. The Balaban J connectivity index is 1.84. The van der Waals surface area contributed by atoms with Gasteiger partial charge in [-0.1, -0.05) is 47.8 Å². The topological polar surface area (TPSA) is 83.6 Å². The highest BCUT2D eigenvalue weighted by Crippen LogP contribution is 2.34. The number of carbonyl (C=O) groups is 2. The van der Waals surface area contributed by atoms with Crippen LogP contribution < -0.4 is 5.32 Å². The van der Waals surface area contributed by atoms with E-state index in [9.17, 15) is 22.4 Å². The molecule has 0 aromatic heterocycles. The van der Waals surface area contributed by atoms with Gasteiger partial charge >= 0.3 is 6.03 Å². The van der Waals surface area contributed by atoms with Gasteiger partial charge in [0.1, 0.15) is 11.4 Å². The molecule has 0 aliphatic carbocycles. The summed E-state index contributed by atoms with van der Waals surface area (Å²) in [5, 5.41) is 2.74. The molecule has 0 bridgehead atoms. The number of amides is 3. The molecule has 1 aliphatic heterocycles. The minimum Gasteiger partial charge on any atom is -0.319 e. The number of halogens is 2. The van der Waals surface area contributed by atoms with E-state index in [4.69, 9.17) is 0 Å². The summed E-state index contributed by atoms with van der Waals surface area (Å²) in [6, 6.07) is 11.0. The highest BCUT2D eigenvalue weighted by Gasteiger charge is 2.51. The number of nitrogens with one attached hydrogen (secondary N) is 1. The maximum Gasteiger partial charge on any atom is 0.325 e. The predicted molar refractivity (Wildman–Crippen MR) is 114 cm³/mol. The van der Waals surface area contributed by atoms with E-state index in [-0.39, 0.29) is 17.2 Å². The second kappa shape index (κ2) is 8.85. The third-order valence-electron chi connectivity index (χ3n) is 5.17. The highest BCUT2D eigenvalue weighted by molar-refractivity contribution is 9.10. The number of imide groups is 1. The smallest absolute Gasteiger partial charge is 0.319 e. The summed E-state index contributed by atoms with van der Waals surface area (Å²) < 4.78 is 39.4. The van der Waals surface area contributed by atoms with Crippen molar-refractivity contribution in [3.8, 4) is 0 Å². The molecule has 0 radical (unpaired) electrons. The normalized spacial score (nSPS) is 19.2. The first-order chi connectivity index (χ1) is 14.2. The van der Waals surface area contributed by atoms with Crippen LogP contribution in [0.2, 0.25) is 0 Å². The lowest BCUT2D eigenvalue weighted by Crippen LogP contribution is -2.44. The number of sulfone groups is 1. The van der Waals surface area contributed by atoms with Crippen molar-refractivity contribution in [3.63, 3.8) is 0 Å². The van der Waals surface area contributed by atoms with Crippen LogP contribution in [0.1, 0.15) is 31.7 Å². The van der Waals surface area contributed by atoms with Crippen molar-refractivity contribution in [1.82, 2.24) is 10.2 Å². The Morgan fingerprint density at radius 3 is 2.30 bits per heavy atom. The van der Waals surface area contributed by atoms with Crippen LogP contribution in [0.5, 0.6) is 0 Å². The van der Waals surface area contributed by atoms with Gasteiger partial charge in [-0.2, -0.15) is 0 Å². The number of hydrogen-bond acceptors (Lipinski definition) is 4. The molecule has 9 heteroatoms. The van der Waals surface area contributed by atoms with Crippen molar-refractivity contribution in [2.75, 3.05) is 12.3 Å². The van der Waals surface area contributed by atoms with Crippen LogP contribution >= 0.6 is 15.9 Å². The molecule has 1 N–H and O–H groups in total. The zero-order valence-corrected chi connectivity index (χ0v) is 18.8. The van der Waals surface area contributed by atoms with E-state index >= 15 is 0 Å². The monoisotopic (exact) mass is 496 g/mol. The number of benzene rings is 2. The second-order valence-corrected chi connectivity index (χ2v) is 10.2. The summed E-state index contributed by atoms with van der Waals surface area (Å²) >= 11 is 3.26. The van der Waals surface area contributed by atoms with Crippen molar-refractivity contribution < 1.29 is 22.4 Å². The van der Waals surface area contributed by atoms with Gasteiger partial charge in [0, 0.05) is 11.0 Å². The number of unbranched alkanes of at least 4 members (excludes halogenated alkanes) is 1. The number of rotatable bonds is 8.